The van der Waals surface area contributed by atoms with Crippen molar-refractivity contribution in [1.82, 2.24) is 14.8 Å². The topological polar surface area (TPSA) is 73.7 Å². The zero-order chi connectivity index (χ0) is 16.2. The maximum Gasteiger partial charge on any atom is 0.317 e. The summed E-state index contributed by atoms with van der Waals surface area (Å²) in [5, 5.41) is 11.6. The Morgan fingerprint density at radius 3 is 2.43 bits per heavy atom. The van der Waals surface area contributed by atoms with E-state index in [1.807, 2.05) is 31.1 Å². The number of hydrogen-bond acceptors (Lipinski definition) is 5. The third-order valence-electron chi connectivity index (χ3n) is 3.03. The van der Waals surface area contributed by atoms with E-state index in [1.165, 1.54) is 16.2 Å². The molecule has 0 aliphatic rings. The van der Waals surface area contributed by atoms with Crippen LogP contribution >= 0.6 is 11.3 Å². The number of hydrogen-bond donors (Lipinski definition) is 1. The molecular weight excluding hydrogens is 290 g/mol. The van der Waals surface area contributed by atoms with Gasteiger partial charge in [-0.2, -0.15) is 0 Å². The zero-order valence-electron chi connectivity index (χ0n) is 13.2. The lowest BCUT2D eigenvalue weighted by Gasteiger charge is -2.33. The molecule has 1 aromatic heterocycles. The smallest absolute Gasteiger partial charge is 0.317 e. The van der Waals surface area contributed by atoms with Crippen LogP contribution < -0.4 is 0 Å². The Bertz CT molecular complexity index is 506. The van der Waals surface area contributed by atoms with Gasteiger partial charge in [0.1, 0.15) is 5.01 Å². The second-order valence-corrected chi connectivity index (χ2v) is 7.06. The summed E-state index contributed by atoms with van der Waals surface area (Å²) in [5.74, 6) is -0.850. The molecule has 0 spiro atoms. The third-order valence-corrected chi connectivity index (χ3v) is 3.93. The van der Waals surface area contributed by atoms with Gasteiger partial charge < -0.3 is 10.0 Å². The SMILES string of the molecule is CN(C)C(=O)Cc1nc(CN(CC(=O)O)C(C)(C)C)cs1. The average Bonchev–Trinajstić information content (AvgIpc) is 2.73. The van der Waals surface area contributed by atoms with E-state index in [2.05, 4.69) is 4.98 Å². The lowest BCUT2D eigenvalue weighted by atomic mass is 10.1. The van der Waals surface area contributed by atoms with E-state index < -0.39 is 5.97 Å². The van der Waals surface area contributed by atoms with E-state index in [9.17, 15) is 9.59 Å². The summed E-state index contributed by atoms with van der Waals surface area (Å²) in [6.07, 6.45) is 0.284. The highest BCUT2D eigenvalue weighted by molar-refractivity contribution is 7.09. The van der Waals surface area contributed by atoms with E-state index in [4.69, 9.17) is 5.11 Å². The van der Waals surface area contributed by atoms with Gasteiger partial charge in [-0.25, -0.2) is 4.98 Å². The predicted molar refractivity (Wildman–Crippen MR) is 82.3 cm³/mol. The second kappa shape index (κ2) is 7.00. The number of nitrogens with zero attached hydrogens (tertiary/aromatic N) is 3. The van der Waals surface area contributed by atoms with Crippen LogP contribution in [0.5, 0.6) is 0 Å². The monoisotopic (exact) mass is 313 g/mol. The normalized spacial score (nSPS) is 11.7. The Morgan fingerprint density at radius 2 is 1.95 bits per heavy atom. The molecule has 6 nitrogen and oxygen atoms in total. The Labute approximate surface area is 129 Å². The molecule has 0 fully saturated rings. The summed E-state index contributed by atoms with van der Waals surface area (Å²) in [6, 6.07) is 0. The van der Waals surface area contributed by atoms with Crippen molar-refractivity contribution >= 4 is 23.2 Å². The van der Waals surface area contributed by atoms with Crippen molar-refractivity contribution in [3.05, 3.63) is 16.1 Å². The van der Waals surface area contributed by atoms with Crippen LogP contribution in [0.25, 0.3) is 0 Å². The quantitative estimate of drug-likeness (QED) is 0.860. The Morgan fingerprint density at radius 1 is 1.33 bits per heavy atom. The molecule has 0 aliphatic carbocycles. The molecule has 0 bridgehead atoms. The third kappa shape index (κ3) is 5.81. The number of aliphatic carboxylic acids is 1. The fourth-order valence-corrected chi connectivity index (χ4v) is 2.46. The number of likely N-dealkylation sites (N-methyl/N-ethyl adjacent to an activating group) is 1. The Hall–Kier alpha value is -1.47. The van der Waals surface area contributed by atoms with E-state index >= 15 is 0 Å². The molecule has 0 unspecified atom stereocenters. The molecule has 118 valence electrons. The first kappa shape index (κ1) is 17.6. The minimum absolute atomic E-state index is 0.00844. The Kier molecular flexibility index (Phi) is 5.86. The van der Waals surface area contributed by atoms with Crippen LogP contribution in [0.1, 0.15) is 31.5 Å². The minimum Gasteiger partial charge on any atom is -0.480 e. The summed E-state index contributed by atoms with van der Waals surface area (Å²) < 4.78 is 0. The molecule has 1 rings (SSSR count). The molecule has 0 saturated heterocycles. The van der Waals surface area contributed by atoms with Gasteiger partial charge in [0.25, 0.3) is 0 Å². The zero-order valence-corrected chi connectivity index (χ0v) is 14.0. The summed E-state index contributed by atoms with van der Waals surface area (Å²) in [7, 11) is 3.43. The van der Waals surface area contributed by atoms with Crippen molar-refractivity contribution < 1.29 is 14.7 Å². The average molecular weight is 313 g/mol. The number of carboxylic acids is 1. The van der Waals surface area contributed by atoms with Crippen LogP contribution in [-0.2, 0) is 22.6 Å². The fourth-order valence-electron chi connectivity index (χ4n) is 1.68. The molecule has 21 heavy (non-hydrogen) atoms. The van der Waals surface area contributed by atoms with Gasteiger partial charge in [-0.1, -0.05) is 0 Å². The highest BCUT2D eigenvalue weighted by atomic mass is 32.1. The van der Waals surface area contributed by atoms with Crippen molar-refractivity contribution in [1.29, 1.82) is 0 Å². The number of amides is 1. The lowest BCUT2D eigenvalue weighted by molar-refractivity contribution is -0.140. The number of carbonyl (C=O) groups excluding carboxylic acids is 1. The molecule has 0 aromatic carbocycles. The molecule has 0 radical (unpaired) electrons. The van der Waals surface area contributed by atoms with Gasteiger partial charge in [-0.15, -0.1) is 11.3 Å². The van der Waals surface area contributed by atoms with Gasteiger partial charge in [0, 0.05) is 31.6 Å². The van der Waals surface area contributed by atoms with Crippen LogP contribution in [0, 0.1) is 0 Å². The molecule has 0 atom stereocenters. The van der Waals surface area contributed by atoms with Gasteiger partial charge in [-0.05, 0) is 20.8 Å². The molecule has 1 aromatic rings. The van der Waals surface area contributed by atoms with E-state index in [0.717, 1.165) is 10.7 Å². The number of carbonyl (C=O) groups is 2. The fraction of sp³-hybridized carbons (Fsp3) is 0.643. The van der Waals surface area contributed by atoms with Crippen LogP contribution in [0.2, 0.25) is 0 Å². The van der Waals surface area contributed by atoms with Crippen molar-refractivity contribution in [2.75, 3.05) is 20.6 Å². The summed E-state index contributed by atoms with van der Waals surface area (Å²) in [6.45, 7) is 6.34. The van der Waals surface area contributed by atoms with Gasteiger partial charge >= 0.3 is 5.97 Å². The molecular formula is C14H23N3O3S. The minimum atomic E-state index is -0.858. The maximum absolute atomic E-state index is 11.7. The van der Waals surface area contributed by atoms with Crippen LogP contribution in [-0.4, -0.2) is 57.9 Å². The number of aromatic nitrogens is 1. The highest BCUT2D eigenvalue weighted by Crippen LogP contribution is 2.19. The molecule has 1 N–H and O–H groups in total. The number of rotatable bonds is 6. The van der Waals surface area contributed by atoms with Crippen LogP contribution in [0.4, 0.5) is 0 Å². The molecule has 1 heterocycles. The summed E-state index contributed by atoms with van der Waals surface area (Å²) in [4.78, 5) is 30.4. The number of carboxylic acid groups (broad SMARTS) is 1. The maximum atomic E-state index is 11.7. The Balaban J connectivity index is 2.75. The standard InChI is InChI=1S/C14H23N3O3S/c1-14(2,3)17(8-13(19)20)7-10-9-21-11(15-10)6-12(18)16(4)5/h9H,6-8H2,1-5H3,(H,19,20). The lowest BCUT2D eigenvalue weighted by Crippen LogP contribution is -2.43. The van der Waals surface area contributed by atoms with Gasteiger partial charge in [0.2, 0.25) is 5.91 Å². The molecule has 7 heteroatoms. The molecule has 0 saturated carbocycles. The summed E-state index contributed by atoms with van der Waals surface area (Å²) in [5.41, 5.74) is 0.541. The molecule has 1 amide bonds. The van der Waals surface area contributed by atoms with Crippen molar-refractivity contribution in [2.24, 2.45) is 0 Å². The largest absolute Gasteiger partial charge is 0.480 e. The van der Waals surface area contributed by atoms with Crippen molar-refractivity contribution in [3.63, 3.8) is 0 Å². The van der Waals surface area contributed by atoms with Crippen molar-refractivity contribution in [2.45, 2.75) is 39.3 Å². The first-order chi connectivity index (χ1) is 9.59. The van der Waals surface area contributed by atoms with Crippen LogP contribution in [0.3, 0.4) is 0 Å². The van der Waals surface area contributed by atoms with E-state index in [1.54, 1.807) is 14.1 Å². The predicted octanol–water partition coefficient (Wildman–Crippen LogP) is 1.46. The van der Waals surface area contributed by atoms with E-state index in [-0.39, 0.29) is 24.4 Å². The van der Waals surface area contributed by atoms with Crippen molar-refractivity contribution in [3.8, 4) is 0 Å². The molecule has 0 aliphatic heterocycles. The van der Waals surface area contributed by atoms with Crippen LogP contribution in [0.15, 0.2) is 5.38 Å². The first-order valence-corrected chi connectivity index (χ1v) is 7.58. The van der Waals surface area contributed by atoms with Gasteiger partial charge in [0.05, 0.1) is 18.7 Å². The first-order valence-electron chi connectivity index (χ1n) is 6.70. The number of thiazole rings is 1. The van der Waals surface area contributed by atoms with Gasteiger partial charge in [-0.3, -0.25) is 14.5 Å². The van der Waals surface area contributed by atoms with Gasteiger partial charge in [0.15, 0.2) is 0 Å². The second-order valence-electron chi connectivity index (χ2n) is 6.12. The summed E-state index contributed by atoms with van der Waals surface area (Å²) >= 11 is 1.43. The van der Waals surface area contributed by atoms with E-state index in [0.29, 0.717) is 6.54 Å². The highest BCUT2D eigenvalue weighted by Gasteiger charge is 2.24.